The smallest absolute Gasteiger partial charge is 0.287 e. The number of hydrogen-bond acceptors (Lipinski definition) is 3. The molecule has 0 fully saturated rings. The van der Waals surface area contributed by atoms with E-state index in [2.05, 4.69) is 5.32 Å². The molecule has 4 aromatic rings. The lowest BCUT2D eigenvalue weighted by atomic mass is 10.1. The summed E-state index contributed by atoms with van der Waals surface area (Å²) in [6.45, 7) is 0. The van der Waals surface area contributed by atoms with Gasteiger partial charge in [0.1, 0.15) is 5.58 Å². The van der Waals surface area contributed by atoms with Gasteiger partial charge < -0.3 is 9.73 Å². The Balaban J connectivity index is 1.66. The van der Waals surface area contributed by atoms with Gasteiger partial charge in [-0.15, -0.1) is 11.3 Å². The second kappa shape index (κ2) is 6.34. The van der Waals surface area contributed by atoms with E-state index in [1.165, 1.54) is 0 Å². The molecule has 1 amide bonds. The standard InChI is InChI=1S/C20H15NO2S/c22-20(17-13-15-9-4-5-10-16(15)23-17)21-19(18-11-6-12-24-18)14-7-2-1-3-8-14/h1-13,19H,(H,21,22)/t19-/m1/s1. The highest BCUT2D eigenvalue weighted by Gasteiger charge is 2.20. The first-order valence-electron chi connectivity index (χ1n) is 7.69. The fraction of sp³-hybridized carbons (Fsp3) is 0.0500. The van der Waals surface area contributed by atoms with Crippen molar-refractivity contribution in [3.8, 4) is 0 Å². The summed E-state index contributed by atoms with van der Waals surface area (Å²) in [5.41, 5.74) is 1.76. The van der Waals surface area contributed by atoms with Crippen molar-refractivity contribution in [2.45, 2.75) is 6.04 Å². The van der Waals surface area contributed by atoms with Crippen molar-refractivity contribution < 1.29 is 9.21 Å². The summed E-state index contributed by atoms with van der Waals surface area (Å²) >= 11 is 1.62. The summed E-state index contributed by atoms with van der Waals surface area (Å²) in [6, 6.07) is 23.2. The number of benzene rings is 2. The molecule has 0 aliphatic carbocycles. The van der Waals surface area contributed by atoms with Crippen molar-refractivity contribution in [3.05, 3.63) is 94.4 Å². The van der Waals surface area contributed by atoms with Crippen LogP contribution in [-0.4, -0.2) is 5.91 Å². The van der Waals surface area contributed by atoms with Crippen LogP contribution in [0.15, 0.2) is 82.6 Å². The van der Waals surface area contributed by atoms with Crippen LogP contribution in [0.5, 0.6) is 0 Å². The minimum Gasteiger partial charge on any atom is -0.451 e. The Bertz CT molecular complexity index is 925. The topological polar surface area (TPSA) is 42.2 Å². The zero-order valence-electron chi connectivity index (χ0n) is 12.8. The monoisotopic (exact) mass is 333 g/mol. The number of carbonyl (C=O) groups is 1. The van der Waals surface area contributed by atoms with Crippen LogP contribution in [0.3, 0.4) is 0 Å². The van der Waals surface area contributed by atoms with Crippen LogP contribution in [0.2, 0.25) is 0 Å². The molecule has 0 unspecified atom stereocenters. The first-order valence-corrected chi connectivity index (χ1v) is 8.57. The molecule has 0 saturated heterocycles. The number of amides is 1. The van der Waals surface area contributed by atoms with Gasteiger partial charge in [0.05, 0.1) is 6.04 Å². The van der Waals surface area contributed by atoms with Crippen molar-refractivity contribution in [2.75, 3.05) is 0 Å². The molecule has 4 heteroatoms. The van der Waals surface area contributed by atoms with Crippen LogP contribution in [0.1, 0.15) is 27.0 Å². The van der Waals surface area contributed by atoms with Gasteiger partial charge in [-0.1, -0.05) is 54.6 Å². The number of furan rings is 1. The number of hydrogen-bond donors (Lipinski definition) is 1. The average molecular weight is 333 g/mol. The van der Waals surface area contributed by atoms with Gasteiger partial charge in [-0.05, 0) is 29.1 Å². The fourth-order valence-electron chi connectivity index (χ4n) is 2.72. The molecule has 1 atom stereocenters. The summed E-state index contributed by atoms with van der Waals surface area (Å²) in [6.07, 6.45) is 0. The molecule has 118 valence electrons. The highest BCUT2D eigenvalue weighted by Crippen LogP contribution is 2.27. The molecule has 2 aromatic carbocycles. The van der Waals surface area contributed by atoms with E-state index in [9.17, 15) is 4.79 Å². The van der Waals surface area contributed by atoms with Crippen LogP contribution in [0, 0.1) is 0 Å². The van der Waals surface area contributed by atoms with E-state index in [1.807, 2.05) is 72.1 Å². The average Bonchev–Trinajstić information content (AvgIpc) is 3.29. The summed E-state index contributed by atoms with van der Waals surface area (Å²) < 4.78 is 5.68. The third kappa shape index (κ3) is 2.84. The van der Waals surface area contributed by atoms with E-state index in [0.717, 1.165) is 21.4 Å². The van der Waals surface area contributed by atoms with Crippen LogP contribution < -0.4 is 5.32 Å². The third-order valence-electron chi connectivity index (χ3n) is 3.89. The van der Waals surface area contributed by atoms with Crippen molar-refractivity contribution >= 4 is 28.2 Å². The normalized spacial score (nSPS) is 12.2. The van der Waals surface area contributed by atoms with E-state index in [0.29, 0.717) is 5.76 Å². The number of rotatable bonds is 4. The Hall–Kier alpha value is -2.85. The number of fused-ring (bicyclic) bond motifs is 1. The maximum atomic E-state index is 12.7. The Kier molecular flexibility index (Phi) is 3.89. The second-order valence-electron chi connectivity index (χ2n) is 5.48. The molecule has 0 aliphatic rings. The zero-order chi connectivity index (χ0) is 16.4. The molecular formula is C20H15NO2S. The molecule has 0 saturated carbocycles. The number of nitrogens with one attached hydrogen (secondary N) is 1. The first kappa shape index (κ1) is 14.7. The number of para-hydroxylation sites is 1. The van der Waals surface area contributed by atoms with Gasteiger partial charge in [-0.25, -0.2) is 0 Å². The van der Waals surface area contributed by atoms with Gasteiger partial charge >= 0.3 is 0 Å². The van der Waals surface area contributed by atoms with Crippen molar-refractivity contribution in [3.63, 3.8) is 0 Å². The predicted octanol–water partition coefficient (Wildman–Crippen LogP) is 5.01. The molecule has 2 aromatic heterocycles. The van der Waals surface area contributed by atoms with Crippen LogP contribution in [0.4, 0.5) is 0 Å². The molecule has 3 nitrogen and oxygen atoms in total. The predicted molar refractivity (Wildman–Crippen MR) is 96.3 cm³/mol. The third-order valence-corrected chi connectivity index (χ3v) is 4.82. The highest BCUT2D eigenvalue weighted by molar-refractivity contribution is 7.10. The van der Waals surface area contributed by atoms with Gasteiger partial charge in [-0.2, -0.15) is 0 Å². The molecule has 4 rings (SSSR count). The lowest BCUT2D eigenvalue weighted by Crippen LogP contribution is -2.28. The molecule has 0 bridgehead atoms. The Morgan fingerprint density at radius 1 is 0.958 bits per heavy atom. The summed E-state index contributed by atoms with van der Waals surface area (Å²) in [4.78, 5) is 13.8. The summed E-state index contributed by atoms with van der Waals surface area (Å²) in [5.74, 6) is 0.113. The van der Waals surface area contributed by atoms with Gasteiger partial charge in [0, 0.05) is 10.3 Å². The Morgan fingerprint density at radius 3 is 2.50 bits per heavy atom. The van der Waals surface area contributed by atoms with E-state index < -0.39 is 0 Å². The van der Waals surface area contributed by atoms with Crippen molar-refractivity contribution in [1.29, 1.82) is 0 Å². The minimum absolute atomic E-state index is 0.188. The van der Waals surface area contributed by atoms with E-state index in [1.54, 1.807) is 17.4 Å². The number of carbonyl (C=O) groups excluding carboxylic acids is 1. The SMILES string of the molecule is O=C(N[C@H](c1ccccc1)c1cccs1)c1cc2ccccc2o1. The molecular weight excluding hydrogens is 318 g/mol. The highest BCUT2D eigenvalue weighted by atomic mass is 32.1. The van der Waals surface area contributed by atoms with E-state index in [4.69, 9.17) is 4.42 Å². The van der Waals surface area contributed by atoms with Gasteiger partial charge in [0.25, 0.3) is 5.91 Å². The lowest BCUT2D eigenvalue weighted by molar-refractivity contribution is 0.0918. The first-order chi connectivity index (χ1) is 11.8. The van der Waals surface area contributed by atoms with Crippen LogP contribution in [0.25, 0.3) is 11.0 Å². The van der Waals surface area contributed by atoms with Crippen molar-refractivity contribution in [1.82, 2.24) is 5.32 Å². The Labute approximate surface area is 143 Å². The van der Waals surface area contributed by atoms with E-state index in [-0.39, 0.29) is 11.9 Å². The molecule has 0 spiro atoms. The van der Waals surface area contributed by atoms with Crippen LogP contribution >= 0.6 is 11.3 Å². The summed E-state index contributed by atoms with van der Waals surface area (Å²) in [7, 11) is 0. The second-order valence-corrected chi connectivity index (χ2v) is 6.46. The molecule has 0 aliphatic heterocycles. The minimum atomic E-state index is -0.214. The largest absolute Gasteiger partial charge is 0.451 e. The molecule has 2 heterocycles. The van der Waals surface area contributed by atoms with Gasteiger partial charge in [0.15, 0.2) is 5.76 Å². The maximum absolute atomic E-state index is 12.7. The lowest BCUT2D eigenvalue weighted by Gasteiger charge is -2.17. The number of thiophene rings is 1. The van der Waals surface area contributed by atoms with E-state index >= 15 is 0 Å². The maximum Gasteiger partial charge on any atom is 0.287 e. The van der Waals surface area contributed by atoms with Crippen LogP contribution in [-0.2, 0) is 0 Å². The quantitative estimate of drug-likeness (QED) is 0.570. The van der Waals surface area contributed by atoms with Gasteiger partial charge in [-0.3, -0.25) is 4.79 Å². The van der Waals surface area contributed by atoms with Gasteiger partial charge in [0.2, 0.25) is 0 Å². The summed E-state index contributed by atoms with van der Waals surface area (Å²) in [5, 5.41) is 6.03. The molecule has 24 heavy (non-hydrogen) atoms. The Morgan fingerprint density at radius 2 is 1.75 bits per heavy atom. The fourth-order valence-corrected chi connectivity index (χ4v) is 3.52. The molecule has 0 radical (unpaired) electrons. The molecule has 1 N–H and O–H groups in total. The van der Waals surface area contributed by atoms with Crippen molar-refractivity contribution in [2.24, 2.45) is 0 Å². The zero-order valence-corrected chi connectivity index (χ0v) is 13.6.